The van der Waals surface area contributed by atoms with Crippen LogP contribution in [0.4, 0.5) is 0 Å². The zero-order chi connectivity index (χ0) is 14.4. The molecule has 0 atom stereocenters. The van der Waals surface area contributed by atoms with Gasteiger partial charge in [-0.2, -0.15) is 5.10 Å². The van der Waals surface area contributed by atoms with Crippen LogP contribution in [-0.4, -0.2) is 9.89 Å². The van der Waals surface area contributed by atoms with E-state index in [0.717, 1.165) is 28.7 Å². The molecule has 1 saturated carbocycles. The van der Waals surface area contributed by atoms with Gasteiger partial charge in [-0.3, -0.25) is 4.79 Å². The van der Waals surface area contributed by atoms with Gasteiger partial charge >= 0.3 is 0 Å². The van der Waals surface area contributed by atoms with Crippen molar-refractivity contribution in [2.45, 2.75) is 18.3 Å². The van der Waals surface area contributed by atoms with Crippen LogP contribution in [0.25, 0.3) is 10.8 Å². The van der Waals surface area contributed by atoms with Gasteiger partial charge in [0.2, 0.25) is 0 Å². The van der Waals surface area contributed by atoms with Crippen molar-refractivity contribution in [3.63, 3.8) is 0 Å². The van der Waals surface area contributed by atoms with E-state index in [1.165, 1.54) is 5.56 Å². The fraction of sp³-hybridized carbons (Fsp3) is 0.176. The molecule has 1 aliphatic carbocycles. The van der Waals surface area contributed by atoms with Gasteiger partial charge in [-0.05, 0) is 24.5 Å². The van der Waals surface area contributed by atoms with Gasteiger partial charge in [0.15, 0.2) is 0 Å². The van der Waals surface area contributed by atoms with Crippen LogP contribution < -0.4 is 11.4 Å². The molecule has 3 aromatic rings. The minimum absolute atomic E-state index is 0.102. The van der Waals surface area contributed by atoms with Gasteiger partial charge in [-0.25, -0.2) is 0 Å². The normalized spacial score (nSPS) is 16.0. The second kappa shape index (κ2) is 4.19. The van der Waals surface area contributed by atoms with Gasteiger partial charge in [0.05, 0.1) is 11.1 Å². The number of hydrogen-bond acceptors (Lipinski definition) is 3. The van der Waals surface area contributed by atoms with Gasteiger partial charge in [0, 0.05) is 10.8 Å². The number of aromatic nitrogens is 2. The summed E-state index contributed by atoms with van der Waals surface area (Å²) in [6.45, 7) is 0. The Morgan fingerprint density at radius 1 is 0.952 bits per heavy atom. The highest BCUT2D eigenvalue weighted by Gasteiger charge is 2.48. The summed E-state index contributed by atoms with van der Waals surface area (Å²) in [7, 11) is 0. The molecule has 0 bridgehead atoms. The van der Waals surface area contributed by atoms with Crippen molar-refractivity contribution in [1.29, 1.82) is 0 Å². The summed E-state index contributed by atoms with van der Waals surface area (Å²) < 4.78 is 0. The van der Waals surface area contributed by atoms with Gasteiger partial charge in [0.1, 0.15) is 0 Å². The summed E-state index contributed by atoms with van der Waals surface area (Å²) in [6.07, 6.45) is 2.07. The van der Waals surface area contributed by atoms with Crippen molar-refractivity contribution in [3.05, 3.63) is 76.2 Å². The van der Waals surface area contributed by atoms with Crippen molar-refractivity contribution < 1.29 is 0 Å². The van der Waals surface area contributed by atoms with Crippen molar-refractivity contribution in [2.24, 2.45) is 0 Å². The summed E-state index contributed by atoms with van der Waals surface area (Å²) in [6, 6.07) is 17.9. The van der Waals surface area contributed by atoms with Crippen LogP contribution in [0.2, 0.25) is 0 Å². The van der Waals surface area contributed by atoms with E-state index in [1.54, 1.807) is 0 Å². The molecule has 1 fully saturated rings. The molecule has 2 N–H and O–H groups in total. The highest BCUT2D eigenvalue weighted by atomic mass is 16.1. The molecule has 1 heterocycles. The minimum atomic E-state index is -0.252. The highest BCUT2D eigenvalue weighted by Crippen LogP contribution is 2.53. The minimum Gasteiger partial charge on any atom is -0.320 e. The maximum atomic E-state index is 12.1. The molecule has 0 radical (unpaired) electrons. The van der Waals surface area contributed by atoms with Crippen LogP contribution >= 0.6 is 0 Å². The SMILES string of the molecule is Nn1nc(C2(c3ccccc3)CC2)c2ccccc2c1=O. The second-order valence-corrected chi connectivity index (χ2v) is 5.59. The Hall–Kier alpha value is -2.62. The molecule has 4 nitrogen and oxygen atoms in total. The first-order valence-electron chi connectivity index (χ1n) is 7.05. The van der Waals surface area contributed by atoms with E-state index in [9.17, 15) is 4.79 Å². The van der Waals surface area contributed by atoms with Crippen LogP contribution in [-0.2, 0) is 5.41 Å². The van der Waals surface area contributed by atoms with E-state index in [1.807, 2.05) is 42.5 Å². The molecule has 104 valence electrons. The molecule has 1 aliphatic rings. The summed E-state index contributed by atoms with van der Waals surface area (Å²) >= 11 is 0. The lowest BCUT2D eigenvalue weighted by molar-refractivity contribution is 0.693. The number of rotatable bonds is 2. The Bertz CT molecular complexity index is 879. The van der Waals surface area contributed by atoms with Crippen LogP contribution in [0.15, 0.2) is 59.4 Å². The van der Waals surface area contributed by atoms with E-state index in [4.69, 9.17) is 5.84 Å². The Morgan fingerprint density at radius 3 is 2.24 bits per heavy atom. The van der Waals surface area contributed by atoms with Crippen molar-refractivity contribution in [1.82, 2.24) is 9.89 Å². The third kappa shape index (κ3) is 1.69. The fourth-order valence-electron chi connectivity index (χ4n) is 3.10. The summed E-state index contributed by atoms with van der Waals surface area (Å²) in [4.78, 5) is 13.1. The molecule has 0 saturated heterocycles. The average Bonchev–Trinajstić information content (AvgIpc) is 3.33. The largest absolute Gasteiger partial charge is 0.320 e. The number of nitrogens with zero attached hydrogens (tertiary/aromatic N) is 2. The molecule has 4 heteroatoms. The van der Waals surface area contributed by atoms with Crippen LogP contribution in [0.1, 0.15) is 24.1 Å². The number of nitrogen functional groups attached to an aromatic ring is 1. The average molecular weight is 277 g/mol. The molecular weight excluding hydrogens is 262 g/mol. The lowest BCUT2D eigenvalue weighted by atomic mass is 9.89. The predicted octanol–water partition coefficient (Wildman–Crippen LogP) is 2.19. The number of benzene rings is 2. The van der Waals surface area contributed by atoms with Gasteiger partial charge < -0.3 is 5.84 Å². The lowest BCUT2D eigenvalue weighted by Crippen LogP contribution is -2.32. The van der Waals surface area contributed by atoms with Crippen LogP contribution in [0.3, 0.4) is 0 Å². The maximum Gasteiger partial charge on any atom is 0.293 e. The molecule has 1 aromatic heterocycles. The van der Waals surface area contributed by atoms with E-state index >= 15 is 0 Å². The Labute approximate surface area is 121 Å². The fourth-order valence-corrected chi connectivity index (χ4v) is 3.10. The van der Waals surface area contributed by atoms with E-state index in [-0.39, 0.29) is 11.0 Å². The molecule has 4 rings (SSSR count). The van der Waals surface area contributed by atoms with Crippen LogP contribution in [0.5, 0.6) is 0 Å². The molecule has 0 spiro atoms. The zero-order valence-corrected chi connectivity index (χ0v) is 11.5. The molecular formula is C17H15N3O. The van der Waals surface area contributed by atoms with Gasteiger partial charge in [-0.15, -0.1) is 4.79 Å². The molecule has 21 heavy (non-hydrogen) atoms. The number of nitrogens with two attached hydrogens (primary N) is 1. The highest BCUT2D eigenvalue weighted by molar-refractivity contribution is 5.85. The molecule has 0 amide bonds. The Balaban J connectivity index is 2.04. The van der Waals surface area contributed by atoms with Crippen molar-refractivity contribution in [2.75, 3.05) is 5.84 Å². The monoisotopic (exact) mass is 277 g/mol. The quantitative estimate of drug-likeness (QED) is 0.730. The van der Waals surface area contributed by atoms with Crippen molar-refractivity contribution >= 4 is 10.8 Å². The maximum absolute atomic E-state index is 12.1. The van der Waals surface area contributed by atoms with Crippen LogP contribution in [0, 0.1) is 0 Å². The Morgan fingerprint density at radius 2 is 1.57 bits per heavy atom. The second-order valence-electron chi connectivity index (χ2n) is 5.59. The van der Waals surface area contributed by atoms with Gasteiger partial charge in [-0.1, -0.05) is 48.5 Å². The summed E-state index contributed by atoms with van der Waals surface area (Å²) in [5, 5.41) is 5.93. The van der Waals surface area contributed by atoms with E-state index in [2.05, 4.69) is 17.2 Å². The summed E-state index contributed by atoms with van der Waals surface area (Å²) in [5.74, 6) is 5.78. The topological polar surface area (TPSA) is 60.9 Å². The molecule has 0 unspecified atom stereocenters. The molecule has 0 aliphatic heterocycles. The smallest absolute Gasteiger partial charge is 0.293 e. The van der Waals surface area contributed by atoms with Gasteiger partial charge in [0.25, 0.3) is 5.56 Å². The first-order valence-corrected chi connectivity index (χ1v) is 7.05. The number of hydrogen-bond donors (Lipinski definition) is 1. The standard InChI is InChI=1S/C17H15N3O/c18-20-16(21)14-9-5-4-8-13(14)15(19-20)17(10-11-17)12-6-2-1-3-7-12/h1-9H,10-11,18H2. The molecule has 2 aromatic carbocycles. The Kier molecular flexibility index (Phi) is 2.42. The first-order chi connectivity index (χ1) is 10.2. The third-order valence-electron chi connectivity index (χ3n) is 4.36. The lowest BCUT2D eigenvalue weighted by Gasteiger charge is -2.18. The number of fused-ring (bicyclic) bond motifs is 1. The predicted molar refractivity (Wildman–Crippen MR) is 82.6 cm³/mol. The van der Waals surface area contributed by atoms with E-state index in [0.29, 0.717) is 5.39 Å². The van der Waals surface area contributed by atoms with E-state index < -0.39 is 0 Å². The summed E-state index contributed by atoms with van der Waals surface area (Å²) in [5.41, 5.74) is 1.79. The zero-order valence-electron chi connectivity index (χ0n) is 11.5. The third-order valence-corrected chi connectivity index (χ3v) is 4.36. The first kappa shape index (κ1) is 12.1. The van der Waals surface area contributed by atoms with Crippen molar-refractivity contribution in [3.8, 4) is 0 Å².